The Kier molecular flexibility index (Phi) is 5.31. The monoisotopic (exact) mass is 253 g/mol. The highest BCUT2D eigenvalue weighted by Crippen LogP contribution is 2.15. The van der Waals surface area contributed by atoms with E-state index in [1.54, 1.807) is 0 Å². The van der Waals surface area contributed by atoms with Gasteiger partial charge in [0.25, 0.3) is 0 Å². The molecule has 94 valence electrons. The normalized spacial score (nSPS) is 10.3. The molecule has 5 heteroatoms. The minimum Gasteiger partial charge on any atom is -0.396 e. The minimum atomic E-state index is 0.185. The maximum Gasteiger partial charge on any atom is 0.129 e. The molecule has 0 aliphatic heterocycles. The second-order valence-electron chi connectivity index (χ2n) is 3.88. The molecule has 17 heavy (non-hydrogen) atoms. The molecule has 0 saturated carbocycles. The fourth-order valence-corrected chi connectivity index (χ4v) is 1.77. The summed E-state index contributed by atoms with van der Waals surface area (Å²) in [7, 11) is 0. The van der Waals surface area contributed by atoms with E-state index in [1.165, 1.54) is 0 Å². The Balaban J connectivity index is 2.98. The number of aliphatic hydroxyl groups excluding tert-OH is 1. The first-order valence-corrected chi connectivity index (χ1v) is 6.13. The van der Waals surface area contributed by atoms with Crippen molar-refractivity contribution < 1.29 is 5.11 Å². The maximum atomic E-state index is 8.87. The molecule has 0 aromatic carbocycles. The molecule has 1 heterocycles. The summed E-state index contributed by atoms with van der Waals surface area (Å²) in [6.07, 6.45) is 0.728. The highest BCUT2D eigenvalue weighted by atomic mass is 32.1. The molecular formula is C12H19N3OS. The Morgan fingerprint density at radius 3 is 2.76 bits per heavy atom. The number of aromatic nitrogens is 1. The molecule has 0 saturated heterocycles. The first-order chi connectivity index (χ1) is 8.08. The lowest BCUT2D eigenvalue weighted by Gasteiger charge is -2.22. The van der Waals surface area contributed by atoms with Crippen LogP contribution in [0.2, 0.25) is 0 Å². The quantitative estimate of drug-likeness (QED) is 0.747. The molecule has 0 radical (unpaired) electrons. The fraction of sp³-hybridized carbons (Fsp3) is 0.500. The number of rotatable bonds is 6. The van der Waals surface area contributed by atoms with Crippen LogP contribution >= 0.6 is 12.2 Å². The second-order valence-corrected chi connectivity index (χ2v) is 4.32. The topological polar surface area (TPSA) is 62.4 Å². The fourth-order valence-electron chi connectivity index (χ4n) is 1.65. The van der Waals surface area contributed by atoms with E-state index in [-0.39, 0.29) is 6.61 Å². The molecule has 3 N–H and O–H groups in total. The molecule has 0 aliphatic carbocycles. The van der Waals surface area contributed by atoms with Gasteiger partial charge in [-0.05, 0) is 32.4 Å². The number of hydrogen-bond acceptors (Lipinski definition) is 4. The van der Waals surface area contributed by atoms with Crippen molar-refractivity contribution in [3.8, 4) is 0 Å². The Morgan fingerprint density at radius 1 is 1.53 bits per heavy atom. The number of nitrogens with two attached hydrogens (primary N) is 1. The van der Waals surface area contributed by atoms with Gasteiger partial charge in [-0.3, -0.25) is 0 Å². The summed E-state index contributed by atoms with van der Waals surface area (Å²) in [4.78, 5) is 6.96. The molecule has 0 fully saturated rings. The van der Waals surface area contributed by atoms with Gasteiger partial charge in [0.05, 0.1) is 0 Å². The van der Waals surface area contributed by atoms with Gasteiger partial charge in [0.15, 0.2) is 0 Å². The van der Waals surface area contributed by atoms with Crippen molar-refractivity contribution in [3.05, 3.63) is 23.4 Å². The molecule has 4 nitrogen and oxygen atoms in total. The van der Waals surface area contributed by atoms with Crippen LogP contribution in [0.4, 0.5) is 5.82 Å². The average Bonchev–Trinajstić information content (AvgIpc) is 2.29. The van der Waals surface area contributed by atoms with Crippen molar-refractivity contribution in [2.24, 2.45) is 5.73 Å². The van der Waals surface area contributed by atoms with Gasteiger partial charge < -0.3 is 15.7 Å². The van der Waals surface area contributed by atoms with Crippen LogP contribution in [0.25, 0.3) is 0 Å². The summed E-state index contributed by atoms with van der Waals surface area (Å²) < 4.78 is 0. The maximum absolute atomic E-state index is 8.87. The van der Waals surface area contributed by atoms with Crippen LogP contribution in [0.5, 0.6) is 0 Å². The number of aryl methyl sites for hydroxylation is 1. The third kappa shape index (κ3) is 3.94. The van der Waals surface area contributed by atoms with Crippen molar-refractivity contribution in [2.45, 2.75) is 20.3 Å². The lowest BCUT2D eigenvalue weighted by Crippen LogP contribution is -2.26. The summed E-state index contributed by atoms with van der Waals surface area (Å²) in [5, 5.41) is 8.87. The number of pyridine rings is 1. The van der Waals surface area contributed by atoms with E-state index >= 15 is 0 Å². The number of hydrogen-bond donors (Lipinski definition) is 2. The summed E-state index contributed by atoms with van der Waals surface area (Å²) in [5.74, 6) is 0.865. The molecule has 0 bridgehead atoms. The largest absolute Gasteiger partial charge is 0.396 e. The molecule has 0 amide bonds. The van der Waals surface area contributed by atoms with Gasteiger partial charge in [-0.25, -0.2) is 4.98 Å². The highest BCUT2D eigenvalue weighted by molar-refractivity contribution is 7.80. The summed E-state index contributed by atoms with van der Waals surface area (Å²) in [6, 6.07) is 3.78. The van der Waals surface area contributed by atoms with Gasteiger partial charge in [0, 0.05) is 31.0 Å². The van der Waals surface area contributed by atoms with Crippen molar-refractivity contribution in [2.75, 3.05) is 24.6 Å². The van der Waals surface area contributed by atoms with Crippen LogP contribution in [0.3, 0.4) is 0 Å². The third-order valence-corrected chi connectivity index (χ3v) is 2.75. The first kappa shape index (κ1) is 13.9. The van der Waals surface area contributed by atoms with Crippen molar-refractivity contribution in [1.29, 1.82) is 0 Å². The van der Waals surface area contributed by atoms with Crippen LogP contribution in [0, 0.1) is 6.92 Å². The Hall–Kier alpha value is -1.20. The highest BCUT2D eigenvalue weighted by Gasteiger charge is 2.08. The van der Waals surface area contributed by atoms with Crippen LogP contribution in [-0.2, 0) is 0 Å². The van der Waals surface area contributed by atoms with Gasteiger partial charge >= 0.3 is 0 Å². The SMILES string of the molecule is CCN(CCCO)c1cc(C(N)=S)cc(C)n1. The Bertz CT molecular complexity index is 395. The van der Waals surface area contributed by atoms with E-state index < -0.39 is 0 Å². The molecule has 1 aromatic rings. The molecule has 0 unspecified atom stereocenters. The molecule has 0 aliphatic rings. The first-order valence-electron chi connectivity index (χ1n) is 5.72. The van der Waals surface area contributed by atoms with E-state index in [2.05, 4.69) is 16.8 Å². The Morgan fingerprint density at radius 2 is 2.24 bits per heavy atom. The zero-order valence-corrected chi connectivity index (χ0v) is 11.1. The lowest BCUT2D eigenvalue weighted by atomic mass is 10.2. The van der Waals surface area contributed by atoms with Crippen molar-refractivity contribution >= 4 is 23.0 Å². The van der Waals surface area contributed by atoms with Gasteiger partial charge in [-0.15, -0.1) is 0 Å². The van der Waals surface area contributed by atoms with Gasteiger partial charge in [-0.1, -0.05) is 12.2 Å². The summed E-state index contributed by atoms with van der Waals surface area (Å²) >= 11 is 4.98. The van der Waals surface area contributed by atoms with Crippen LogP contribution < -0.4 is 10.6 Å². The third-order valence-electron chi connectivity index (χ3n) is 2.52. The Labute approximate surface area is 107 Å². The van der Waals surface area contributed by atoms with E-state index in [1.807, 2.05) is 19.1 Å². The molecule has 1 rings (SSSR count). The number of aliphatic hydroxyl groups is 1. The van der Waals surface area contributed by atoms with Crippen LogP contribution in [0.15, 0.2) is 12.1 Å². The summed E-state index contributed by atoms with van der Waals surface area (Å²) in [5.41, 5.74) is 7.37. The predicted octanol–water partition coefficient (Wildman–Crippen LogP) is 1.23. The van der Waals surface area contributed by atoms with Gasteiger partial charge in [0.1, 0.15) is 10.8 Å². The second kappa shape index (κ2) is 6.51. The average molecular weight is 253 g/mol. The van der Waals surface area contributed by atoms with Gasteiger partial charge in [-0.2, -0.15) is 0 Å². The lowest BCUT2D eigenvalue weighted by molar-refractivity contribution is 0.289. The molecule has 0 atom stereocenters. The number of nitrogens with zero attached hydrogens (tertiary/aromatic N) is 2. The zero-order chi connectivity index (χ0) is 12.8. The van der Waals surface area contributed by atoms with Crippen molar-refractivity contribution in [3.63, 3.8) is 0 Å². The van der Waals surface area contributed by atoms with E-state index in [0.29, 0.717) is 4.99 Å². The van der Waals surface area contributed by atoms with Crippen molar-refractivity contribution in [1.82, 2.24) is 4.98 Å². The van der Waals surface area contributed by atoms with Crippen LogP contribution in [0.1, 0.15) is 24.6 Å². The van der Waals surface area contributed by atoms with Crippen LogP contribution in [-0.4, -0.2) is 34.8 Å². The predicted molar refractivity (Wildman–Crippen MR) is 74.5 cm³/mol. The van der Waals surface area contributed by atoms with E-state index in [9.17, 15) is 0 Å². The van der Waals surface area contributed by atoms with E-state index in [0.717, 1.165) is 36.6 Å². The number of anilines is 1. The summed E-state index contributed by atoms with van der Waals surface area (Å²) in [6.45, 7) is 5.78. The van der Waals surface area contributed by atoms with E-state index in [4.69, 9.17) is 23.1 Å². The smallest absolute Gasteiger partial charge is 0.129 e. The molecule has 0 spiro atoms. The minimum absolute atomic E-state index is 0.185. The molecule has 1 aromatic heterocycles. The number of thiocarbonyl (C=S) groups is 1. The molecular weight excluding hydrogens is 234 g/mol. The van der Waals surface area contributed by atoms with Gasteiger partial charge in [0.2, 0.25) is 0 Å². The standard InChI is InChI=1S/C12H19N3OS/c1-3-15(5-4-6-16)11-8-10(12(13)17)7-9(2)14-11/h7-8,16H,3-6H2,1-2H3,(H2,13,17). The zero-order valence-electron chi connectivity index (χ0n) is 10.3.